The van der Waals surface area contributed by atoms with Crippen molar-refractivity contribution in [2.45, 2.75) is 6.42 Å². The molecule has 1 heterocycles. The number of rotatable bonds is 4. The third-order valence-electron chi connectivity index (χ3n) is 3.44. The number of thiazole rings is 1. The Morgan fingerprint density at radius 3 is 2.55 bits per heavy atom. The lowest BCUT2D eigenvalue weighted by Crippen LogP contribution is -2.07. The Kier molecular flexibility index (Phi) is 3.81. The van der Waals surface area contributed by atoms with E-state index in [4.69, 9.17) is 5.11 Å². The van der Waals surface area contributed by atoms with Gasteiger partial charge < -0.3 is 10.0 Å². The Bertz CT molecular complexity index is 822. The molecule has 0 aliphatic heterocycles. The molecule has 1 N–H and O–H groups in total. The number of nitrogens with zero attached hydrogens (tertiary/aromatic N) is 2. The van der Waals surface area contributed by atoms with Crippen molar-refractivity contribution in [3.63, 3.8) is 0 Å². The van der Waals surface area contributed by atoms with Gasteiger partial charge >= 0.3 is 5.97 Å². The molecule has 5 heteroatoms. The Balaban J connectivity index is 1.95. The zero-order valence-electron chi connectivity index (χ0n) is 12.4. The van der Waals surface area contributed by atoms with Crippen LogP contribution >= 0.6 is 11.3 Å². The lowest BCUT2D eigenvalue weighted by Gasteiger charge is -2.11. The zero-order chi connectivity index (χ0) is 15.7. The third-order valence-corrected chi connectivity index (χ3v) is 4.51. The molecule has 3 rings (SSSR count). The van der Waals surface area contributed by atoms with Crippen LogP contribution in [0.3, 0.4) is 0 Å². The summed E-state index contributed by atoms with van der Waals surface area (Å²) >= 11 is 1.59. The first-order chi connectivity index (χ1) is 10.5. The van der Waals surface area contributed by atoms with Crippen LogP contribution in [-0.4, -0.2) is 30.2 Å². The van der Waals surface area contributed by atoms with Crippen LogP contribution in [0.5, 0.6) is 0 Å². The van der Waals surface area contributed by atoms with E-state index in [1.807, 2.05) is 32.3 Å². The van der Waals surface area contributed by atoms with Gasteiger partial charge in [0.25, 0.3) is 0 Å². The Labute approximate surface area is 132 Å². The summed E-state index contributed by atoms with van der Waals surface area (Å²) in [6.07, 6.45) is 0.0424. The maximum atomic E-state index is 10.8. The van der Waals surface area contributed by atoms with E-state index in [1.165, 1.54) is 0 Å². The second-order valence-corrected chi connectivity index (χ2v) is 6.36. The number of carbonyl (C=O) groups is 1. The molecular formula is C17H16N2O2S. The number of hydrogen-bond donors (Lipinski definition) is 1. The minimum atomic E-state index is -0.816. The third kappa shape index (κ3) is 2.94. The van der Waals surface area contributed by atoms with Crippen molar-refractivity contribution in [2.24, 2.45) is 0 Å². The van der Waals surface area contributed by atoms with Crippen LogP contribution in [0, 0.1) is 0 Å². The van der Waals surface area contributed by atoms with Crippen molar-refractivity contribution in [3.05, 3.63) is 48.0 Å². The van der Waals surface area contributed by atoms with Gasteiger partial charge in [-0.2, -0.15) is 0 Å². The lowest BCUT2D eigenvalue weighted by molar-refractivity contribution is -0.136. The van der Waals surface area contributed by atoms with Gasteiger partial charge in [0.2, 0.25) is 0 Å². The number of aliphatic carboxylic acids is 1. The SMILES string of the molecule is CN(C)c1ccc(-c2nc3ccc(CC(=O)O)cc3s2)cc1. The molecular weight excluding hydrogens is 296 g/mol. The van der Waals surface area contributed by atoms with Gasteiger partial charge in [-0.3, -0.25) is 4.79 Å². The fourth-order valence-corrected chi connectivity index (χ4v) is 3.31. The highest BCUT2D eigenvalue weighted by molar-refractivity contribution is 7.21. The molecule has 4 nitrogen and oxygen atoms in total. The van der Waals surface area contributed by atoms with Crippen molar-refractivity contribution in [2.75, 3.05) is 19.0 Å². The summed E-state index contributed by atoms with van der Waals surface area (Å²) in [4.78, 5) is 17.5. The molecule has 0 bridgehead atoms. The number of hydrogen-bond acceptors (Lipinski definition) is 4. The monoisotopic (exact) mass is 312 g/mol. The highest BCUT2D eigenvalue weighted by Gasteiger charge is 2.08. The predicted octanol–water partition coefficient (Wildman–Crippen LogP) is 3.66. The van der Waals surface area contributed by atoms with E-state index < -0.39 is 5.97 Å². The van der Waals surface area contributed by atoms with Crippen LogP contribution in [0.4, 0.5) is 5.69 Å². The van der Waals surface area contributed by atoms with Gasteiger partial charge in [-0.1, -0.05) is 6.07 Å². The van der Waals surface area contributed by atoms with Crippen molar-refractivity contribution >= 4 is 33.2 Å². The van der Waals surface area contributed by atoms with Gasteiger partial charge in [-0.15, -0.1) is 11.3 Å². The van der Waals surface area contributed by atoms with E-state index in [0.717, 1.165) is 32.0 Å². The largest absolute Gasteiger partial charge is 0.481 e. The molecule has 22 heavy (non-hydrogen) atoms. The fraction of sp³-hybridized carbons (Fsp3) is 0.176. The zero-order valence-corrected chi connectivity index (χ0v) is 13.2. The van der Waals surface area contributed by atoms with Crippen LogP contribution in [-0.2, 0) is 11.2 Å². The smallest absolute Gasteiger partial charge is 0.307 e. The van der Waals surface area contributed by atoms with E-state index in [9.17, 15) is 4.79 Å². The number of carboxylic acid groups (broad SMARTS) is 1. The first-order valence-corrected chi connectivity index (χ1v) is 7.73. The molecule has 0 radical (unpaired) electrons. The molecule has 2 aromatic carbocycles. The van der Waals surface area contributed by atoms with E-state index in [-0.39, 0.29) is 6.42 Å². The molecule has 0 amide bonds. The van der Waals surface area contributed by atoms with E-state index in [0.29, 0.717) is 0 Å². The molecule has 0 atom stereocenters. The van der Waals surface area contributed by atoms with Crippen molar-refractivity contribution in [1.29, 1.82) is 0 Å². The molecule has 0 aliphatic carbocycles. The average molecular weight is 312 g/mol. The molecule has 1 aromatic heterocycles. The summed E-state index contributed by atoms with van der Waals surface area (Å²) in [5, 5.41) is 9.83. The summed E-state index contributed by atoms with van der Waals surface area (Å²) in [5.74, 6) is -0.816. The first-order valence-electron chi connectivity index (χ1n) is 6.92. The molecule has 0 saturated heterocycles. The number of aromatic nitrogens is 1. The summed E-state index contributed by atoms with van der Waals surface area (Å²) < 4.78 is 1.02. The maximum Gasteiger partial charge on any atom is 0.307 e. The number of carboxylic acids is 1. The molecule has 0 aliphatic rings. The normalized spacial score (nSPS) is 10.8. The first kappa shape index (κ1) is 14.5. The minimum Gasteiger partial charge on any atom is -0.481 e. The average Bonchev–Trinajstić information content (AvgIpc) is 2.90. The van der Waals surface area contributed by atoms with Crippen molar-refractivity contribution < 1.29 is 9.90 Å². The van der Waals surface area contributed by atoms with Gasteiger partial charge in [-0.05, 0) is 42.0 Å². The Hall–Kier alpha value is -2.40. The Morgan fingerprint density at radius 2 is 1.91 bits per heavy atom. The summed E-state index contributed by atoms with van der Waals surface area (Å²) in [6, 6.07) is 13.9. The van der Waals surface area contributed by atoms with Crippen LogP contribution in [0.1, 0.15) is 5.56 Å². The van der Waals surface area contributed by atoms with Gasteiger partial charge in [-0.25, -0.2) is 4.98 Å². The van der Waals surface area contributed by atoms with Crippen LogP contribution in [0.15, 0.2) is 42.5 Å². The van der Waals surface area contributed by atoms with Crippen LogP contribution < -0.4 is 4.90 Å². The number of anilines is 1. The second kappa shape index (κ2) is 5.77. The minimum absolute atomic E-state index is 0.0424. The van der Waals surface area contributed by atoms with Crippen LogP contribution in [0.25, 0.3) is 20.8 Å². The van der Waals surface area contributed by atoms with Crippen molar-refractivity contribution in [1.82, 2.24) is 4.98 Å². The molecule has 0 unspecified atom stereocenters. The number of fused-ring (bicyclic) bond motifs is 1. The second-order valence-electron chi connectivity index (χ2n) is 5.33. The molecule has 0 spiro atoms. The van der Waals surface area contributed by atoms with Gasteiger partial charge in [0, 0.05) is 25.3 Å². The van der Waals surface area contributed by atoms with Gasteiger partial charge in [0.15, 0.2) is 0 Å². The van der Waals surface area contributed by atoms with Gasteiger partial charge in [0.1, 0.15) is 5.01 Å². The predicted molar refractivity (Wildman–Crippen MR) is 90.7 cm³/mol. The highest BCUT2D eigenvalue weighted by Crippen LogP contribution is 2.31. The summed E-state index contributed by atoms with van der Waals surface area (Å²) in [5.41, 5.74) is 3.93. The van der Waals surface area contributed by atoms with Gasteiger partial charge in [0.05, 0.1) is 16.6 Å². The maximum absolute atomic E-state index is 10.8. The van der Waals surface area contributed by atoms with E-state index in [1.54, 1.807) is 11.3 Å². The highest BCUT2D eigenvalue weighted by atomic mass is 32.1. The molecule has 0 saturated carbocycles. The summed E-state index contributed by atoms with van der Waals surface area (Å²) in [7, 11) is 4.02. The van der Waals surface area contributed by atoms with E-state index >= 15 is 0 Å². The quantitative estimate of drug-likeness (QED) is 0.799. The molecule has 0 fully saturated rings. The molecule has 112 valence electrons. The van der Waals surface area contributed by atoms with Crippen LogP contribution in [0.2, 0.25) is 0 Å². The lowest BCUT2D eigenvalue weighted by atomic mass is 10.1. The molecule has 3 aromatic rings. The van der Waals surface area contributed by atoms with Crippen molar-refractivity contribution in [3.8, 4) is 10.6 Å². The standard InChI is InChI=1S/C17H16N2O2S/c1-19(2)13-6-4-12(5-7-13)17-18-14-8-3-11(10-16(20)21)9-15(14)22-17/h3-9H,10H2,1-2H3,(H,20,21). The van der Waals surface area contributed by atoms with E-state index in [2.05, 4.69) is 34.1 Å². The number of benzene rings is 2. The topological polar surface area (TPSA) is 53.4 Å². The Morgan fingerprint density at radius 1 is 1.18 bits per heavy atom. The summed E-state index contributed by atoms with van der Waals surface area (Å²) in [6.45, 7) is 0. The fourth-order valence-electron chi connectivity index (χ4n) is 2.28.